The van der Waals surface area contributed by atoms with Crippen LogP contribution in [0.25, 0.3) is 0 Å². The van der Waals surface area contributed by atoms with Crippen LogP contribution < -0.4 is 5.32 Å². The summed E-state index contributed by atoms with van der Waals surface area (Å²) in [6, 6.07) is 12.5. The molecule has 1 N–H and O–H groups in total. The van der Waals surface area contributed by atoms with Gasteiger partial charge in [0.15, 0.2) is 0 Å². The zero-order valence-electron chi connectivity index (χ0n) is 13.7. The van der Waals surface area contributed by atoms with Crippen LogP contribution in [0.1, 0.15) is 16.7 Å². The van der Waals surface area contributed by atoms with Crippen molar-refractivity contribution in [2.45, 2.75) is 25.3 Å². The third-order valence-corrected chi connectivity index (χ3v) is 5.20. The topological polar surface area (TPSA) is 51.2 Å². The number of nitrogens with one attached hydrogen (secondary N) is 1. The zero-order valence-corrected chi connectivity index (χ0v) is 13.7. The number of nitrogens with zero attached hydrogens (tertiary/aromatic N) is 1. The highest BCUT2D eigenvalue weighted by atomic mass is 16.5. The molecule has 1 aromatic heterocycles. The minimum absolute atomic E-state index is 0.0598. The molecule has 1 saturated heterocycles. The van der Waals surface area contributed by atoms with E-state index in [4.69, 9.17) is 4.74 Å². The number of amides is 1. The van der Waals surface area contributed by atoms with Gasteiger partial charge in [0.2, 0.25) is 5.91 Å². The Bertz CT molecular complexity index is 692. The van der Waals surface area contributed by atoms with Crippen molar-refractivity contribution in [3.63, 3.8) is 0 Å². The fourth-order valence-electron chi connectivity index (χ4n) is 3.83. The smallest absolute Gasteiger partial charge is 0.224 e. The van der Waals surface area contributed by atoms with Crippen LogP contribution in [-0.4, -0.2) is 30.1 Å². The lowest BCUT2D eigenvalue weighted by Crippen LogP contribution is -2.43. The van der Waals surface area contributed by atoms with Gasteiger partial charge in [-0.15, -0.1) is 0 Å². The van der Waals surface area contributed by atoms with Gasteiger partial charge in [0, 0.05) is 24.2 Å². The Balaban J connectivity index is 1.37. The average molecular weight is 322 g/mol. The molecule has 0 radical (unpaired) electrons. The summed E-state index contributed by atoms with van der Waals surface area (Å²) in [4.78, 5) is 16.7. The molecule has 0 saturated carbocycles. The van der Waals surface area contributed by atoms with Crippen LogP contribution in [0.2, 0.25) is 0 Å². The third-order valence-electron chi connectivity index (χ3n) is 5.20. The highest BCUT2D eigenvalue weighted by molar-refractivity contribution is 5.80. The highest BCUT2D eigenvalue weighted by Crippen LogP contribution is 2.27. The summed E-state index contributed by atoms with van der Waals surface area (Å²) in [6.45, 7) is 1.32. The molecular weight excluding hydrogens is 300 g/mol. The van der Waals surface area contributed by atoms with E-state index in [0.29, 0.717) is 19.1 Å². The monoisotopic (exact) mass is 322 g/mol. The fraction of sp³-hybridized carbons (Fsp3) is 0.400. The molecule has 2 heterocycles. The van der Waals surface area contributed by atoms with Gasteiger partial charge in [-0.1, -0.05) is 24.3 Å². The van der Waals surface area contributed by atoms with Crippen molar-refractivity contribution in [2.75, 3.05) is 13.2 Å². The van der Waals surface area contributed by atoms with Crippen LogP contribution in [-0.2, 0) is 28.8 Å². The normalized spacial score (nSPS) is 23.2. The molecule has 1 aromatic carbocycles. The number of hydrogen-bond acceptors (Lipinski definition) is 3. The standard InChI is InChI=1S/C20H22N2O2/c23-20(17-10-15-3-1-2-4-16(15)11-17)22-19-13-24-12-18(19)9-14-5-7-21-8-6-14/h1-8,17-19H,9-13H2,(H,22,23)/t18-,19-/m1/s1. The lowest BCUT2D eigenvalue weighted by molar-refractivity contribution is -0.125. The quantitative estimate of drug-likeness (QED) is 0.938. The molecule has 2 atom stereocenters. The fourth-order valence-corrected chi connectivity index (χ4v) is 3.83. The molecule has 2 aromatic rings. The summed E-state index contributed by atoms with van der Waals surface area (Å²) in [5.74, 6) is 0.561. The van der Waals surface area contributed by atoms with E-state index in [9.17, 15) is 4.79 Å². The molecule has 0 bridgehead atoms. The van der Waals surface area contributed by atoms with Crippen LogP contribution in [0.3, 0.4) is 0 Å². The number of carbonyl (C=O) groups is 1. The van der Waals surface area contributed by atoms with E-state index in [0.717, 1.165) is 19.3 Å². The number of fused-ring (bicyclic) bond motifs is 1. The number of hydrogen-bond donors (Lipinski definition) is 1. The highest BCUT2D eigenvalue weighted by Gasteiger charge is 2.33. The molecule has 2 aliphatic rings. The number of rotatable bonds is 4. The van der Waals surface area contributed by atoms with Crippen molar-refractivity contribution in [3.8, 4) is 0 Å². The molecule has 1 fully saturated rings. The minimum atomic E-state index is 0.0598. The number of benzene rings is 1. The van der Waals surface area contributed by atoms with E-state index < -0.39 is 0 Å². The summed E-state index contributed by atoms with van der Waals surface area (Å²) in [7, 11) is 0. The maximum atomic E-state index is 12.7. The Kier molecular flexibility index (Phi) is 4.30. The van der Waals surface area contributed by atoms with Crippen LogP contribution in [0.15, 0.2) is 48.8 Å². The first-order valence-electron chi connectivity index (χ1n) is 8.63. The average Bonchev–Trinajstić information content (AvgIpc) is 3.23. The minimum Gasteiger partial charge on any atom is -0.379 e. The first-order chi connectivity index (χ1) is 11.8. The van der Waals surface area contributed by atoms with Crippen molar-refractivity contribution in [3.05, 3.63) is 65.5 Å². The van der Waals surface area contributed by atoms with Gasteiger partial charge in [-0.25, -0.2) is 0 Å². The SMILES string of the molecule is O=C(N[C@@H]1COC[C@H]1Cc1ccncc1)C1Cc2ccccc2C1. The van der Waals surface area contributed by atoms with Gasteiger partial charge >= 0.3 is 0 Å². The van der Waals surface area contributed by atoms with Crippen LogP contribution >= 0.6 is 0 Å². The summed E-state index contributed by atoms with van der Waals surface area (Å²) >= 11 is 0. The maximum Gasteiger partial charge on any atom is 0.224 e. The number of carbonyl (C=O) groups excluding carboxylic acids is 1. The van der Waals surface area contributed by atoms with Crippen molar-refractivity contribution in [1.29, 1.82) is 0 Å². The van der Waals surface area contributed by atoms with Crippen LogP contribution in [0, 0.1) is 11.8 Å². The van der Waals surface area contributed by atoms with Crippen LogP contribution in [0.5, 0.6) is 0 Å². The molecule has 1 aliphatic heterocycles. The van der Waals surface area contributed by atoms with Gasteiger partial charge in [-0.2, -0.15) is 0 Å². The predicted molar refractivity (Wildman–Crippen MR) is 91.5 cm³/mol. The molecule has 0 unspecified atom stereocenters. The third kappa shape index (κ3) is 3.20. The second-order valence-electron chi connectivity index (χ2n) is 6.85. The summed E-state index contributed by atoms with van der Waals surface area (Å²) in [5, 5.41) is 3.25. The van der Waals surface area contributed by atoms with Crippen molar-refractivity contribution in [1.82, 2.24) is 10.3 Å². The molecule has 4 rings (SSSR count). The summed E-state index contributed by atoms with van der Waals surface area (Å²) in [5.41, 5.74) is 3.87. The van der Waals surface area contributed by atoms with E-state index in [2.05, 4.69) is 34.6 Å². The Morgan fingerprint density at radius 3 is 2.50 bits per heavy atom. The lowest BCUT2D eigenvalue weighted by Gasteiger charge is -2.21. The van der Waals surface area contributed by atoms with Gasteiger partial charge in [0.1, 0.15) is 0 Å². The van der Waals surface area contributed by atoms with E-state index in [1.807, 2.05) is 24.5 Å². The summed E-state index contributed by atoms with van der Waals surface area (Å²) < 4.78 is 5.64. The molecular formula is C20H22N2O2. The Labute approximate surface area is 142 Å². The second kappa shape index (κ2) is 6.73. The first kappa shape index (κ1) is 15.3. The first-order valence-corrected chi connectivity index (χ1v) is 8.63. The van der Waals surface area contributed by atoms with Crippen molar-refractivity contribution < 1.29 is 9.53 Å². The number of aromatic nitrogens is 1. The maximum absolute atomic E-state index is 12.7. The van der Waals surface area contributed by atoms with Gasteiger partial charge in [-0.3, -0.25) is 9.78 Å². The van der Waals surface area contributed by atoms with E-state index >= 15 is 0 Å². The molecule has 1 aliphatic carbocycles. The molecule has 1 amide bonds. The number of pyridine rings is 1. The largest absolute Gasteiger partial charge is 0.379 e. The molecule has 0 spiro atoms. The van der Waals surface area contributed by atoms with Crippen molar-refractivity contribution in [2.24, 2.45) is 11.8 Å². The zero-order chi connectivity index (χ0) is 16.4. The number of ether oxygens (including phenoxy) is 1. The Morgan fingerprint density at radius 1 is 1.08 bits per heavy atom. The van der Waals surface area contributed by atoms with Gasteiger partial charge in [0.05, 0.1) is 19.3 Å². The molecule has 124 valence electrons. The van der Waals surface area contributed by atoms with Gasteiger partial charge < -0.3 is 10.1 Å². The van der Waals surface area contributed by atoms with Gasteiger partial charge in [-0.05, 0) is 48.1 Å². The van der Waals surface area contributed by atoms with Crippen molar-refractivity contribution >= 4 is 5.91 Å². The van der Waals surface area contributed by atoms with Gasteiger partial charge in [0.25, 0.3) is 0 Å². The molecule has 24 heavy (non-hydrogen) atoms. The van der Waals surface area contributed by atoms with E-state index in [1.165, 1.54) is 16.7 Å². The summed E-state index contributed by atoms with van der Waals surface area (Å²) in [6.07, 6.45) is 6.25. The van der Waals surface area contributed by atoms with Crippen LogP contribution in [0.4, 0.5) is 0 Å². The van der Waals surface area contributed by atoms with E-state index in [-0.39, 0.29) is 17.9 Å². The van der Waals surface area contributed by atoms with E-state index in [1.54, 1.807) is 0 Å². The Hall–Kier alpha value is -2.20. The lowest BCUT2D eigenvalue weighted by atomic mass is 9.94. The molecule has 4 nitrogen and oxygen atoms in total. The Morgan fingerprint density at radius 2 is 1.79 bits per heavy atom. The molecule has 4 heteroatoms. The predicted octanol–water partition coefficient (Wildman–Crippen LogP) is 2.17. The second-order valence-corrected chi connectivity index (χ2v) is 6.85.